The van der Waals surface area contributed by atoms with Crippen molar-refractivity contribution in [3.05, 3.63) is 59.4 Å². The lowest BCUT2D eigenvalue weighted by Crippen LogP contribution is -2.10. The van der Waals surface area contributed by atoms with Gasteiger partial charge < -0.3 is 9.30 Å². The van der Waals surface area contributed by atoms with Crippen molar-refractivity contribution in [3.63, 3.8) is 0 Å². The first-order chi connectivity index (χ1) is 9.76. The summed E-state index contributed by atoms with van der Waals surface area (Å²) in [5, 5.41) is 8.95. The van der Waals surface area contributed by atoms with Gasteiger partial charge in [0.05, 0.1) is 24.7 Å². The number of carbonyl (C=O) groups excluding carboxylic acids is 1. The summed E-state index contributed by atoms with van der Waals surface area (Å²) in [6, 6.07) is 13.7. The van der Waals surface area contributed by atoms with Crippen LogP contribution in [0.5, 0.6) is 0 Å². The van der Waals surface area contributed by atoms with Crippen LogP contribution in [0.1, 0.15) is 28.5 Å². The molecule has 0 spiro atoms. The van der Waals surface area contributed by atoms with Gasteiger partial charge in [-0.15, -0.1) is 0 Å². The minimum Gasteiger partial charge on any atom is -0.462 e. The summed E-state index contributed by atoms with van der Waals surface area (Å²) in [6.07, 6.45) is 2.01. The quantitative estimate of drug-likeness (QED) is 0.783. The number of aromatic nitrogens is 1. The normalized spacial score (nSPS) is 10.0. The largest absolute Gasteiger partial charge is 0.462 e. The molecule has 1 heterocycles. The fourth-order valence-electron chi connectivity index (χ4n) is 2.10. The Morgan fingerprint density at radius 1 is 1.30 bits per heavy atom. The smallest absolute Gasteiger partial charge is 0.339 e. The molecule has 1 aromatic carbocycles. The maximum Gasteiger partial charge on any atom is 0.339 e. The highest BCUT2D eigenvalue weighted by atomic mass is 16.5. The van der Waals surface area contributed by atoms with E-state index in [2.05, 4.69) is 6.07 Å². The molecule has 0 bridgehead atoms. The van der Waals surface area contributed by atoms with Crippen LogP contribution in [0.15, 0.2) is 42.6 Å². The van der Waals surface area contributed by atoms with Crippen LogP contribution in [0.2, 0.25) is 0 Å². The zero-order valence-corrected chi connectivity index (χ0v) is 11.4. The number of carbonyl (C=O) groups is 1. The standard InChI is InChI=1S/C16H16N2O2/c1-2-20-16(19)14-9-11-18(15(14)8-10-17)12-13-6-4-3-5-7-13/h3-7,9,11H,2,8,12H2,1H3. The second-order valence-corrected chi connectivity index (χ2v) is 4.34. The number of benzene rings is 1. The van der Waals surface area contributed by atoms with Crippen molar-refractivity contribution in [2.75, 3.05) is 6.61 Å². The van der Waals surface area contributed by atoms with Crippen molar-refractivity contribution in [2.45, 2.75) is 19.9 Å². The first-order valence-corrected chi connectivity index (χ1v) is 6.52. The van der Waals surface area contributed by atoms with Crippen LogP contribution >= 0.6 is 0 Å². The second kappa shape index (κ2) is 6.58. The Labute approximate surface area is 118 Å². The highest BCUT2D eigenvalue weighted by molar-refractivity contribution is 5.91. The van der Waals surface area contributed by atoms with Crippen LogP contribution in [-0.2, 0) is 17.7 Å². The van der Waals surface area contributed by atoms with Gasteiger partial charge >= 0.3 is 5.97 Å². The Kier molecular flexibility index (Phi) is 4.56. The van der Waals surface area contributed by atoms with Crippen molar-refractivity contribution in [1.29, 1.82) is 5.26 Å². The average molecular weight is 268 g/mol. The van der Waals surface area contributed by atoms with Crippen molar-refractivity contribution >= 4 is 5.97 Å². The zero-order chi connectivity index (χ0) is 14.4. The molecule has 0 fully saturated rings. The first kappa shape index (κ1) is 13.9. The van der Waals surface area contributed by atoms with E-state index < -0.39 is 0 Å². The van der Waals surface area contributed by atoms with Crippen molar-refractivity contribution < 1.29 is 9.53 Å². The van der Waals surface area contributed by atoms with Crippen LogP contribution in [0.4, 0.5) is 0 Å². The summed E-state index contributed by atoms with van der Waals surface area (Å²) in [7, 11) is 0. The molecule has 102 valence electrons. The van der Waals surface area contributed by atoms with E-state index in [1.54, 1.807) is 13.0 Å². The number of hydrogen-bond acceptors (Lipinski definition) is 3. The molecule has 0 atom stereocenters. The molecule has 0 aliphatic rings. The van der Waals surface area contributed by atoms with Gasteiger partial charge in [0.25, 0.3) is 0 Å². The minimum atomic E-state index is -0.371. The fourth-order valence-corrected chi connectivity index (χ4v) is 2.10. The van der Waals surface area contributed by atoms with Crippen molar-refractivity contribution in [2.24, 2.45) is 0 Å². The van der Waals surface area contributed by atoms with Crippen LogP contribution in [0.25, 0.3) is 0 Å². The fraction of sp³-hybridized carbons (Fsp3) is 0.250. The van der Waals surface area contributed by atoms with E-state index in [-0.39, 0.29) is 12.4 Å². The van der Waals surface area contributed by atoms with Gasteiger partial charge in [-0.05, 0) is 18.6 Å². The van der Waals surface area contributed by atoms with Crippen LogP contribution < -0.4 is 0 Å². The number of nitriles is 1. The number of esters is 1. The SMILES string of the molecule is CCOC(=O)c1ccn(Cc2ccccc2)c1CC#N. The number of hydrogen-bond donors (Lipinski definition) is 0. The van der Waals surface area contributed by atoms with E-state index in [4.69, 9.17) is 10.00 Å². The summed E-state index contributed by atoms with van der Waals surface area (Å²) in [6.45, 7) is 2.73. The Hall–Kier alpha value is -2.54. The van der Waals surface area contributed by atoms with E-state index >= 15 is 0 Å². The number of ether oxygens (including phenoxy) is 1. The molecular formula is C16H16N2O2. The number of rotatable bonds is 5. The molecule has 20 heavy (non-hydrogen) atoms. The van der Waals surface area contributed by atoms with E-state index in [0.29, 0.717) is 24.4 Å². The predicted molar refractivity (Wildman–Crippen MR) is 75.2 cm³/mol. The topological polar surface area (TPSA) is 55.0 Å². The Morgan fingerprint density at radius 3 is 2.70 bits per heavy atom. The molecule has 0 aliphatic carbocycles. The third-order valence-electron chi connectivity index (χ3n) is 3.02. The molecular weight excluding hydrogens is 252 g/mol. The molecule has 0 saturated heterocycles. The molecule has 0 saturated carbocycles. The van der Waals surface area contributed by atoms with E-state index in [9.17, 15) is 4.79 Å². The average Bonchev–Trinajstić information content (AvgIpc) is 2.84. The summed E-state index contributed by atoms with van der Waals surface area (Å²) < 4.78 is 6.94. The molecule has 0 aliphatic heterocycles. The molecule has 2 rings (SSSR count). The maximum atomic E-state index is 11.9. The monoisotopic (exact) mass is 268 g/mol. The summed E-state index contributed by atoms with van der Waals surface area (Å²) in [5.74, 6) is -0.371. The maximum absolute atomic E-state index is 11.9. The summed E-state index contributed by atoms with van der Waals surface area (Å²) >= 11 is 0. The van der Waals surface area contributed by atoms with E-state index in [0.717, 1.165) is 5.56 Å². The highest BCUT2D eigenvalue weighted by Crippen LogP contribution is 2.15. The lowest BCUT2D eigenvalue weighted by atomic mass is 10.2. The molecule has 0 radical (unpaired) electrons. The second-order valence-electron chi connectivity index (χ2n) is 4.34. The van der Waals surface area contributed by atoms with Gasteiger partial charge in [-0.2, -0.15) is 5.26 Å². The van der Waals surface area contributed by atoms with Gasteiger partial charge in [0, 0.05) is 18.4 Å². The first-order valence-electron chi connectivity index (χ1n) is 6.52. The number of nitrogens with zero attached hydrogens (tertiary/aromatic N) is 2. The van der Waals surface area contributed by atoms with E-state index in [1.807, 2.05) is 41.1 Å². The molecule has 0 amide bonds. The third-order valence-corrected chi connectivity index (χ3v) is 3.02. The van der Waals surface area contributed by atoms with Crippen molar-refractivity contribution in [3.8, 4) is 6.07 Å². The molecule has 2 aromatic rings. The van der Waals surface area contributed by atoms with Crippen molar-refractivity contribution in [1.82, 2.24) is 4.57 Å². The van der Waals surface area contributed by atoms with E-state index in [1.165, 1.54) is 0 Å². The van der Waals surface area contributed by atoms with Crippen LogP contribution in [-0.4, -0.2) is 17.1 Å². The summed E-state index contributed by atoms with van der Waals surface area (Å²) in [4.78, 5) is 11.9. The van der Waals surface area contributed by atoms with Gasteiger partial charge in [-0.3, -0.25) is 0 Å². The molecule has 0 N–H and O–H groups in total. The van der Waals surface area contributed by atoms with Gasteiger partial charge in [0.15, 0.2) is 0 Å². The minimum absolute atomic E-state index is 0.188. The lowest BCUT2D eigenvalue weighted by molar-refractivity contribution is 0.0525. The predicted octanol–water partition coefficient (Wildman–Crippen LogP) is 2.78. The zero-order valence-electron chi connectivity index (χ0n) is 11.4. The van der Waals surface area contributed by atoms with Crippen LogP contribution in [0.3, 0.4) is 0 Å². The summed E-state index contributed by atoms with van der Waals surface area (Å²) in [5.41, 5.74) is 2.30. The molecule has 4 heteroatoms. The van der Waals surface area contributed by atoms with Gasteiger partial charge in [0.1, 0.15) is 0 Å². The Bertz CT molecular complexity index is 624. The lowest BCUT2D eigenvalue weighted by Gasteiger charge is -2.09. The Morgan fingerprint density at radius 2 is 2.05 bits per heavy atom. The van der Waals surface area contributed by atoms with Gasteiger partial charge in [0.2, 0.25) is 0 Å². The molecule has 4 nitrogen and oxygen atoms in total. The van der Waals surface area contributed by atoms with Gasteiger partial charge in [-0.1, -0.05) is 30.3 Å². The highest BCUT2D eigenvalue weighted by Gasteiger charge is 2.16. The molecule has 0 unspecified atom stereocenters. The third kappa shape index (κ3) is 3.07. The van der Waals surface area contributed by atoms with Gasteiger partial charge in [-0.25, -0.2) is 4.79 Å². The Balaban J connectivity index is 2.30. The molecule has 1 aromatic heterocycles. The van der Waals surface area contributed by atoms with Crippen LogP contribution in [0, 0.1) is 11.3 Å².